The highest BCUT2D eigenvalue weighted by atomic mass is 79.9. The summed E-state index contributed by atoms with van der Waals surface area (Å²) in [5.74, 6) is -0.573. The molecular weight excluding hydrogens is 401 g/mol. The van der Waals surface area contributed by atoms with Gasteiger partial charge in [-0.1, -0.05) is 35.3 Å². The molecule has 0 aliphatic heterocycles. The predicted molar refractivity (Wildman–Crippen MR) is 96.6 cm³/mol. The van der Waals surface area contributed by atoms with Crippen molar-refractivity contribution in [3.05, 3.63) is 68.8 Å². The van der Waals surface area contributed by atoms with Crippen molar-refractivity contribution in [1.29, 1.82) is 5.26 Å². The van der Waals surface area contributed by atoms with Gasteiger partial charge in [0.2, 0.25) is 0 Å². The lowest BCUT2D eigenvalue weighted by atomic mass is 10.2. The molecule has 0 saturated heterocycles. The van der Waals surface area contributed by atoms with Crippen LogP contribution in [-0.4, -0.2) is 5.91 Å². The number of nitrogens with one attached hydrogen (secondary N) is 2. The minimum Gasteiger partial charge on any atom is -0.359 e. The fourth-order valence-electron chi connectivity index (χ4n) is 1.66. The fourth-order valence-corrected chi connectivity index (χ4v) is 2.51. The molecule has 0 bridgehead atoms. The fraction of sp³-hybridized carbons (Fsp3) is 0. The van der Waals surface area contributed by atoms with Crippen molar-refractivity contribution in [2.24, 2.45) is 0 Å². The number of amides is 1. The Morgan fingerprint density at radius 1 is 1.17 bits per heavy atom. The molecule has 2 aromatic rings. The molecule has 0 fully saturated rings. The summed E-state index contributed by atoms with van der Waals surface area (Å²) in [5, 5.41) is 15.4. The van der Waals surface area contributed by atoms with Crippen LogP contribution in [0.3, 0.4) is 0 Å². The Morgan fingerprint density at radius 2 is 1.91 bits per heavy atom. The molecule has 1 amide bonds. The Labute approximate surface area is 151 Å². The molecule has 4 nitrogen and oxygen atoms in total. The van der Waals surface area contributed by atoms with Gasteiger partial charge < -0.3 is 10.6 Å². The second-order valence-corrected chi connectivity index (χ2v) is 6.07. The molecule has 2 N–H and O–H groups in total. The zero-order valence-electron chi connectivity index (χ0n) is 11.6. The summed E-state index contributed by atoms with van der Waals surface area (Å²) in [7, 11) is 0. The molecule has 23 heavy (non-hydrogen) atoms. The van der Waals surface area contributed by atoms with E-state index in [4.69, 9.17) is 28.5 Å². The van der Waals surface area contributed by atoms with E-state index in [1.165, 1.54) is 12.3 Å². The maximum atomic E-state index is 12.1. The third-order valence-corrected chi connectivity index (χ3v) is 4.03. The van der Waals surface area contributed by atoms with Gasteiger partial charge in [0.25, 0.3) is 5.91 Å². The van der Waals surface area contributed by atoms with Crippen LogP contribution in [0.1, 0.15) is 0 Å². The highest BCUT2D eigenvalue weighted by Gasteiger charge is 2.11. The van der Waals surface area contributed by atoms with Crippen LogP contribution in [0.25, 0.3) is 0 Å². The monoisotopic (exact) mass is 409 g/mol. The first-order chi connectivity index (χ1) is 11.0. The van der Waals surface area contributed by atoms with Gasteiger partial charge in [-0.2, -0.15) is 5.26 Å². The van der Waals surface area contributed by atoms with E-state index in [0.29, 0.717) is 15.7 Å². The van der Waals surface area contributed by atoms with Gasteiger partial charge >= 0.3 is 0 Å². The van der Waals surface area contributed by atoms with E-state index in [1.807, 2.05) is 30.3 Å². The Hall–Kier alpha value is -2.00. The van der Waals surface area contributed by atoms with Crippen molar-refractivity contribution in [3.63, 3.8) is 0 Å². The number of carbonyl (C=O) groups is 1. The highest BCUT2D eigenvalue weighted by molar-refractivity contribution is 9.10. The number of para-hydroxylation sites is 1. The molecule has 0 aliphatic rings. The second kappa shape index (κ2) is 8.02. The maximum absolute atomic E-state index is 12.1. The summed E-state index contributed by atoms with van der Waals surface area (Å²) in [4.78, 5) is 12.1. The Morgan fingerprint density at radius 3 is 2.57 bits per heavy atom. The van der Waals surface area contributed by atoms with Crippen LogP contribution < -0.4 is 10.6 Å². The molecular formula is C16H10BrCl2N3O. The molecule has 0 heterocycles. The lowest BCUT2D eigenvalue weighted by Crippen LogP contribution is -2.14. The van der Waals surface area contributed by atoms with E-state index in [9.17, 15) is 4.79 Å². The number of hydrogen-bond donors (Lipinski definition) is 2. The standard InChI is InChI=1S/C16H10BrCl2N3O/c17-12-3-1-2-4-14(12)21-9-10(8-20)16(23)22-15-6-5-11(18)7-13(15)19/h1-7,9,21H,(H,22,23)/b10-9-. The summed E-state index contributed by atoms with van der Waals surface area (Å²) >= 11 is 15.2. The maximum Gasteiger partial charge on any atom is 0.267 e. The molecule has 2 rings (SSSR count). The van der Waals surface area contributed by atoms with E-state index in [0.717, 1.165) is 10.2 Å². The smallest absolute Gasteiger partial charge is 0.267 e. The van der Waals surface area contributed by atoms with E-state index < -0.39 is 5.91 Å². The molecule has 0 atom stereocenters. The molecule has 0 aromatic heterocycles. The summed E-state index contributed by atoms with van der Waals surface area (Å²) in [5.41, 5.74) is 1.02. The Balaban J connectivity index is 2.14. The SMILES string of the molecule is N#C/C(=C/Nc1ccccc1Br)C(=O)Nc1ccc(Cl)cc1Cl. The molecule has 2 aromatic carbocycles. The van der Waals surface area contributed by atoms with E-state index in [1.54, 1.807) is 12.1 Å². The summed E-state index contributed by atoms with van der Waals surface area (Å²) < 4.78 is 0.815. The first-order valence-electron chi connectivity index (χ1n) is 6.39. The Bertz CT molecular complexity index is 815. The van der Waals surface area contributed by atoms with Crippen molar-refractivity contribution in [2.75, 3.05) is 10.6 Å². The van der Waals surface area contributed by atoms with Crippen LogP contribution in [-0.2, 0) is 4.79 Å². The van der Waals surface area contributed by atoms with Gasteiger partial charge in [0.1, 0.15) is 11.6 Å². The predicted octanol–water partition coefficient (Wildman–Crippen LogP) is 5.21. The number of nitriles is 1. The molecule has 0 saturated carbocycles. The lowest BCUT2D eigenvalue weighted by molar-refractivity contribution is -0.112. The highest BCUT2D eigenvalue weighted by Crippen LogP contribution is 2.26. The van der Waals surface area contributed by atoms with Crippen LogP contribution in [0.5, 0.6) is 0 Å². The van der Waals surface area contributed by atoms with Crippen LogP contribution >= 0.6 is 39.1 Å². The van der Waals surface area contributed by atoms with Crippen molar-refractivity contribution >= 4 is 56.4 Å². The van der Waals surface area contributed by atoms with E-state index in [2.05, 4.69) is 26.6 Å². The van der Waals surface area contributed by atoms with E-state index >= 15 is 0 Å². The van der Waals surface area contributed by atoms with Crippen molar-refractivity contribution < 1.29 is 4.79 Å². The summed E-state index contributed by atoms with van der Waals surface area (Å²) in [6.07, 6.45) is 1.33. The summed E-state index contributed by atoms with van der Waals surface area (Å²) in [6.45, 7) is 0. The first-order valence-corrected chi connectivity index (χ1v) is 7.94. The van der Waals surface area contributed by atoms with Crippen molar-refractivity contribution in [1.82, 2.24) is 0 Å². The number of halogens is 3. The van der Waals surface area contributed by atoms with E-state index in [-0.39, 0.29) is 5.57 Å². The number of rotatable bonds is 4. The van der Waals surface area contributed by atoms with Crippen LogP contribution in [0.2, 0.25) is 10.0 Å². The minimum atomic E-state index is -0.573. The van der Waals surface area contributed by atoms with Gasteiger partial charge in [0.15, 0.2) is 0 Å². The topological polar surface area (TPSA) is 64.9 Å². The lowest BCUT2D eigenvalue weighted by Gasteiger charge is -2.08. The zero-order valence-corrected chi connectivity index (χ0v) is 14.7. The van der Waals surface area contributed by atoms with Crippen LogP contribution in [0, 0.1) is 11.3 Å². The average Bonchev–Trinajstić information content (AvgIpc) is 2.52. The largest absolute Gasteiger partial charge is 0.359 e. The molecule has 0 spiro atoms. The number of hydrogen-bond acceptors (Lipinski definition) is 3. The normalized spacial score (nSPS) is 10.8. The molecule has 0 aliphatic carbocycles. The van der Waals surface area contributed by atoms with Gasteiger partial charge in [0.05, 0.1) is 16.4 Å². The van der Waals surface area contributed by atoms with Gasteiger partial charge in [-0.3, -0.25) is 4.79 Å². The van der Waals surface area contributed by atoms with Crippen molar-refractivity contribution in [3.8, 4) is 6.07 Å². The van der Waals surface area contributed by atoms with Gasteiger partial charge in [-0.15, -0.1) is 0 Å². The summed E-state index contributed by atoms with van der Waals surface area (Å²) in [6, 6.07) is 13.9. The quantitative estimate of drug-likeness (QED) is 0.536. The van der Waals surface area contributed by atoms with Gasteiger partial charge in [0, 0.05) is 15.7 Å². The molecule has 0 unspecified atom stereocenters. The van der Waals surface area contributed by atoms with Crippen LogP contribution in [0.15, 0.2) is 58.7 Å². The minimum absolute atomic E-state index is 0.0910. The average molecular weight is 411 g/mol. The number of anilines is 2. The molecule has 116 valence electrons. The number of carbonyl (C=O) groups excluding carboxylic acids is 1. The number of benzene rings is 2. The Kier molecular flexibility index (Phi) is 6.05. The third-order valence-electron chi connectivity index (χ3n) is 2.79. The third kappa shape index (κ3) is 4.73. The second-order valence-electron chi connectivity index (χ2n) is 4.37. The van der Waals surface area contributed by atoms with Gasteiger partial charge in [-0.05, 0) is 46.3 Å². The van der Waals surface area contributed by atoms with Gasteiger partial charge in [-0.25, -0.2) is 0 Å². The number of nitrogens with zero attached hydrogens (tertiary/aromatic N) is 1. The van der Waals surface area contributed by atoms with Crippen LogP contribution in [0.4, 0.5) is 11.4 Å². The first kappa shape index (κ1) is 17.4. The zero-order chi connectivity index (χ0) is 16.8. The molecule has 0 radical (unpaired) electrons. The van der Waals surface area contributed by atoms with Crippen molar-refractivity contribution in [2.45, 2.75) is 0 Å². The molecule has 7 heteroatoms.